The number of benzene rings is 1. The van der Waals surface area contributed by atoms with Crippen LogP contribution in [0.4, 0.5) is 0 Å². The van der Waals surface area contributed by atoms with Gasteiger partial charge >= 0.3 is 0 Å². The summed E-state index contributed by atoms with van der Waals surface area (Å²) >= 11 is 0. The van der Waals surface area contributed by atoms with Crippen molar-refractivity contribution < 1.29 is 13.2 Å². The molecule has 2 aliphatic rings. The number of hydrogen-bond acceptors (Lipinski definition) is 4. The van der Waals surface area contributed by atoms with Crippen LogP contribution in [0.2, 0.25) is 0 Å². The van der Waals surface area contributed by atoms with Gasteiger partial charge in [-0.25, -0.2) is 8.42 Å². The van der Waals surface area contributed by atoms with Crippen molar-refractivity contribution in [2.24, 2.45) is 0 Å². The number of fused-ring (bicyclic) bond motifs is 2. The van der Waals surface area contributed by atoms with E-state index < -0.39 is 10.0 Å². The van der Waals surface area contributed by atoms with Crippen molar-refractivity contribution in [2.75, 3.05) is 13.1 Å². The van der Waals surface area contributed by atoms with Crippen LogP contribution in [-0.4, -0.2) is 38.0 Å². The second-order valence-electron chi connectivity index (χ2n) is 5.37. The van der Waals surface area contributed by atoms with Crippen LogP contribution in [-0.2, 0) is 14.8 Å². The summed E-state index contributed by atoms with van der Waals surface area (Å²) in [6.45, 7) is 2.61. The van der Waals surface area contributed by atoms with E-state index in [1.165, 1.54) is 10.4 Å². The molecule has 20 heavy (non-hydrogen) atoms. The van der Waals surface area contributed by atoms with Crippen LogP contribution in [0.3, 0.4) is 0 Å². The zero-order chi connectivity index (χ0) is 14.3. The molecular weight excluding hydrogens is 276 g/mol. The third-order valence-electron chi connectivity index (χ3n) is 3.97. The summed E-state index contributed by atoms with van der Waals surface area (Å²) in [7, 11) is -3.49. The van der Waals surface area contributed by atoms with Gasteiger partial charge in [0.25, 0.3) is 0 Å². The molecular formula is C14H16N2O3S. The number of nitriles is 1. The van der Waals surface area contributed by atoms with Crippen LogP contribution in [0.5, 0.6) is 0 Å². The predicted molar refractivity (Wildman–Crippen MR) is 72.5 cm³/mol. The summed E-state index contributed by atoms with van der Waals surface area (Å²) in [5.74, 6) is 0. The minimum atomic E-state index is -3.49. The molecule has 0 saturated carbocycles. The number of sulfonamides is 1. The molecule has 1 aromatic rings. The highest BCUT2D eigenvalue weighted by atomic mass is 32.2. The summed E-state index contributed by atoms with van der Waals surface area (Å²) in [6.07, 6.45) is 1.93. The maximum atomic E-state index is 12.6. The molecule has 0 aromatic heterocycles. The second kappa shape index (κ2) is 4.85. The topological polar surface area (TPSA) is 70.4 Å². The first-order valence-corrected chi connectivity index (χ1v) is 8.11. The first-order chi connectivity index (χ1) is 9.50. The summed E-state index contributed by atoms with van der Waals surface area (Å²) in [6, 6.07) is 6.70. The highest BCUT2D eigenvalue weighted by Crippen LogP contribution is 2.30. The zero-order valence-electron chi connectivity index (χ0n) is 11.2. The zero-order valence-corrected chi connectivity index (χ0v) is 12.1. The van der Waals surface area contributed by atoms with Gasteiger partial charge in [-0.2, -0.15) is 9.57 Å². The molecule has 2 atom stereocenters. The molecule has 2 aliphatic heterocycles. The van der Waals surface area contributed by atoms with E-state index >= 15 is 0 Å². The van der Waals surface area contributed by atoms with Crippen LogP contribution in [0.1, 0.15) is 24.0 Å². The van der Waals surface area contributed by atoms with E-state index in [4.69, 9.17) is 10.00 Å². The van der Waals surface area contributed by atoms with E-state index in [0.29, 0.717) is 24.2 Å². The SMILES string of the molecule is Cc1cc(S(=O)(=O)N2CC3CCC(C2)O3)ccc1C#N. The highest BCUT2D eigenvalue weighted by molar-refractivity contribution is 7.89. The van der Waals surface area contributed by atoms with Gasteiger partial charge in [0.05, 0.1) is 28.7 Å². The molecule has 0 spiro atoms. The number of nitrogens with zero attached hydrogens (tertiary/aromatic N) is 2. The van der Waals surface area contributed by atoms with E-state index in [0.717, 1.165) is 12.8 Å². The summed E-state index contributed by atoms with van der Waals surface area (Å²) in [4.78, 5) is 0.260. The third-order valence-corrected chi connectivity index (χ3v) is 5.79. The quantitative estimate of drug-likeness (QED) is 0.826. The first kappa shape index (κ1) is 13.6. The Morgan fingerprint density at radius 3 is 2.50 bits per heavy atom. The number of morpholine rings is 1. The van der Waals surface area contributed by atoms with Crippen LogP contribution < -0.4 is 0 Å². The lowest BCUT2D eigenvalue weighted by atomic mass is 10.1. The van der Waals surface area contributed by atoms with Crippen molar-refractivity contribution in [2.45, 2.75) is 36.9 Å². The smallest absolute Gasteiger partial charge is 0.243 e. The summed E-state index contributed by atoms with van der Waals surface area (Å²) in [5.41, 5.74) is 1.19. The van der Waals surface area contributed by atoms with Crippen molar-refractivity contribution in [1.29, 1.82) is 5.26 Å². The fourth-order valence-corrected chi connectivity index (χ4v) is 4.43. The number of hydrogen-bond donors (Lipinski definition) is 0. The molecule has 2 fully saturated rings. The van der Waals surface area contributed by atoms with Crippen molar-refractivity contribution in [1.82, 2.24) is 4.31 Å². The van der Waals surface area contributed by atoms with Crippen LogP contribution >= 0.6 is 0 Å². The Labute approximate surface area is 118 Å². The third kappa shape index (κ3) is 2.22. The minimum absolute atomic E-state index is 0.0306. The summed E-state index contributed by atoms with van der Waals surface area (Å²) < 4.78 is 32.5. The Balaban J connectivity index is 1.92. The van der Waals surface area contributed by atoms with E-state index in [-0.39, 0.29) is 17.1 Å². The average molecular weight is 292 g/mol. The molecule has 2 unspecified atom stereocenters. The van der Waals surface area contributed by atoms with Crippen molar-refractivity contribution in [3.63, 3.8) is 0 Å². The summed E-state index contributed by atoms with van der Waals surface area (Å²) in [5, 5.41) is 8.91. The van der Waals surface area contributed by atoms with E-state index in [1.807, 2.05) is 6.07 Å². The lowest BCUT2D eigenvalue weighted by Gasteiger charge is -2.31. The van der Waals surface area contributed by atoms with Gasteiger partial charge in [-0.1, -0.05) is 0 Å². The molecule has 2 bridgehead atoms. The van der Waals surface area contributed by atoms with Crippen molar-refractivity contribution >= 4 is 10.0 Å². The second-order valence-corrected chi connectivity index (χ2v) is 7.31. The molecule has 6 heteroatoms. The van der Waals surface area contributed by atoms with Gasteiger partial charge < -0.3 is 4.74 Å². The predicted octanol–water partition coefficient (Wildman–Crippen LogP) is 1.42. The maximum absolute atomic E-state index is 12.6. The molecule has 5 nitrogen and oxygen atoms in total. The highest BCUT2D eigenvalue weighted by Gasteiger charge is 2.39. The minimum Gasteiger partial charge on any atom is -0.372 e. The van der Waals surface area contributed by atoms with Gasteiger partial charge in [-0.15, -0.1) is 0 Å². The van der Waals surface area contributed by atoms with E-state index in [2.05, 4.69) is 0 Å². The van der Waals surface area contributed by atoms with Crippen molar-refractivity contribution in [3.8, 4) is 6.07 Å². The van der Waals surface area contributed by atoms with Crippen molar-refractivity contribution in [3.05, 3.63) is 29.3 Å². The molecule has 0 radical (unpaired) electrons. The fourth-order valence-electron chi connectivity index (χ4n) is 2.84. The lowest BCUT2D eigenvalue weighted by molar-refractivity contribution is -0.0114. The monoisotopic (exact) mass is 292 g/mol. The molecule has 2 saturated heterocycles. The van der Waals surface area contributed by atoms with Gasteiger partial charge in [-0.05, 0) is 43.5 Å². The van der Waals surface area contributed by atoms with E-state index in [9.17, 15) is 8.42 Å². The van der Waals surface area contributed by atoms with Crippen LogP contribution in [0.15, 0.2) is 23.1 Å². The Morgan fingerprint density at radius 1 is 1.30 bits per heavy atom. The standard InChI is InChI=1S/C14H16N2O3S/c1-10-6-14(5-2-11(10)7-15)20(17,18)16-8-12-3-4-13(9-16)19-12/h2,5-6,12-13H,3-4,8-9H2,1H3. The Bertz CT molecular complexity index is 666. The van der Waals surface area contributed by atoms with Gasteiger partial charge in [-0.3, -0.25) is 0 Å². The molecule has 3 rings (SSSR count). The van der Waals surface area contributed by atoms with E-state index in [1.54, 1.807) is 19.1 Å². The fraction of sp³-hybridized carbons (Fsp3) is 0.500. The Morgan fingerprint density at radius 2 is 1.95 bits per heavy atom. The van der Waals surface area contributed by atoms with Crippen LogP contribution in [0, 0.1) is 18.3 Å². The van der Waals surface area contributed by atoms with Gasteiger partial charge in [0.1, 0.15) is 0 Å². The normalized spacial score (nSPS) is 26.4. The molecule has 106 valence electrons. The van der Waals surface area contributed by atoms with Gasteiger partial charge in [0.15, 0.2) is 0 Å². The van der Waals surface area contributed by atoms with Gasteiger partial charge in [0, 0.05) is 13.1 Å². The maximum Gasteiger partial charge on any atom is 0.243 e. The van der Waals surface area contributed by atoms with Crippen LogP contribution in [0.25, 0.3) is 0 Å². The molecule has 0 aliphatic carbocycles. The molecule has 1 aromatic carbocycles. The van der Waals surface area contributed by atoms with Gasteiger partial charge in [0.2, 0.25) is 10.0 Å². The molecule has 2 heterocycles. The largest absolute Gasteiger partial charge is 0.372 e. The first-order valence-electron chi connectivity index (χ1n) is 6.67. The number of rotatable bonds is 2. The number of aryl methyl sites for hydroxylation is 1. The Kier molecular flexibility index (Phi) is 3.28. The number of ether oxygens (including phenoxy) is 1. The molecule has 0 amide bonds. The average Bonchev–Trinajstić information content (AvgIpc) is 2.77. The lowest BCUT2D eigenvalue weighted by Crippen LogP contribution is -2.45. The Hall–Kier alpha value is -1.42. The molecule has 0 N–H and O–H groups in total.